The summed E-state index contributed by atoms with van der Waals surface area (Å²) in [6.45, 7) is 5.30. The fourth-order valence-electron chi connectivity index (χ4n) is 3.38. The largest absolute Gasteiger partial charge is 0.355 e. The summed E-state index contributed by atoms with van der Waals surface area (Å²) in [7, 11) is 0. The minimum absolute atomic E-state index is 0.148. The van der Waals surface area contributed by atoms with E-state index in [2.05, 4.69) is 27.1 Å². The van der Waals surface area contributed by atoms with Gasteiger partial charge in [-0.1, -0.05) is 18.6 Å². The number of nitrogens with one attached hydrogen (secondary N) is 2. The maximum atomic E-state index is 12.0. The molecule has 5 nitrogen and oxygen atoms in total. The molecule has 1 aromatic heterocycles. The summed E-state index contributed by atoms with van der Waals surface area (Å²) in [5, 5.41) is 3.08. The first-order valence-electron chi connectivity index (χ1n) is 9.17. The summed E-state index contributed by atoms with van der Waals surface area (Å²) in [5.41, 5.74) is 2.06. The lowest BCUT2D eigenvalue weighted by Crippen LogP contribution is -2.44. The number of nitrogens with zero attached hydrogens (tertiary/aromatic N) is 2. The van der Waals surface area contributed by atoms with Gasteiger partial charge in [0.25, 0.3) is 0 Å². The van der Waals surface area contributed by atoms with Gasteiger partial charge < -0.3 is 10.3 Å². The second-order valence-electron chi connectivity index (χ2n) is 6.80. The number of amides is 1. The lowest BCUT2D eigenvalue weighted by Gasteiger charge is -2.32. The van der Waals surface area contributed by atoms with Gasteiger partial charge in [-0.25, -0.2) is 4.98 Å². The van der Waals surface area contributed by atoms with E-state index < -0.39 is 0 Å². The third-order valence-electron chi connectivity index (χ3n) is 4.86. The van der Waals surface area contributed by atoms with Crippen LogP contribution in [0.2, 0.25) is 0 Å². The lowest BCUT2D eigenvalue weighted by molar-refractivity contribution is -0.121. The molecule has 3 rings (SSSR count). The molecule has 0 unspecified atom stereocenters. The van der Waals surface area contributed by atoms with E-state index >= 15 is 0 Å². The van der Waals surface area contributed by atoms with E-state index in [1.807, 2.05) is 24.3 Å². The molecule has 2 heterocycles. The van der Waals surface area contributed by atoms with Crippen molar-refractivity contribution >= 4 is 16.9 Å². The summed E-state index contributed by atoms with van der Waals surface area (Å²) in [6.07, 6.45) is 6.11. The molecule has 0 saturated carbocycles. The SMILES string of the molecule is C[C@H](CNC(=O)CCCc1nc2ccccc2[nH]1)N1CCCCC1. The third kappa shape index (κ3) is 4.57. The Morgan fingerprint density at radius 3 is 2.88 bits per heavy atom. The second-order valence-corrected chi connectivity index (χ2v) is 6.80. The summed E-state index contributed by atoms with van der Waals surface area (Å²) in [4.78, 5) is 22.4. The van der Waals surface area contributed by atoms with E-state index in [1.165, 1.54) is 32.4 Å². The Bertz CT molecular complexity index is 627. The van der Waals surface area contributed by atoms with Crippen molar-refractivity contribution < 1.29 is 4.79 Å². The topological polar surface area (TPSA) is 61.0 Å². The molecule has 5 heteroatoms. The zero-order chi connectivity index (χ0) is 16.8. The number of carbonyl (C=O) groups is 1. The van der Waals surface area contributed by atoms with Crippen molar-refractivity contribution in [2.45, 2.75) is 51.5 Å². The maximum absolute atomic E-state index is 12.0. The average Bonchev–Trinajstić information content (AvgIpc) is 3.03. The molecule has 24 heavy (non-hydrogen) atoms. The zero-order valence-corrected chi connectivity index (χ0v) is 14.6. The normalized spacial score (nSPS) is 17.0. The number of piperidine rings is 1. The number of rotatable bonds is 7. The van der Waals surface area contributed by atoms with Gasteiger partial charge in [0.2, 0.25) is 5.91 Å². The molecule has 130 valence electrons. The molecule has 1 aliphatic rings. The van der Waals surface area contributed by atoms with Crippen molar-refractivity contribution in [2.24, 2.45) is 0 Å². The number of imidazole rings is 1. The summed E-state index contributed by atoms with van der Waals surface area (Å²) >= 11 is 0. The maximum Gasteiger partial charge on any atom is 0.220 e. The van der Waals surface area contributed by atoms with Crippen LogP contribution in [0.4, 0.5) is 0 Å². The monoisotopic (exact) mass is 328 g/mol. The smallest absolute Gasteiger partial charge is 0.220 e. The molecule has 1 saturated heterocycles. The molecule has 1 aromatic carbocycles. The fraction of sp³-hybridized carbons (Fsp3) is 0.579. The van der Waals surface area contributed by atoms with Crippen molar-refractivity contribution in [2.75, 3.05) is 19.6 Å². The highest BCUT2D eigenvalue weighted by molar-refractivity contribution is 5.76. The molecular weight excluding hydrogens is 300 g/mol. The van der Waals surface area contributed by atoms with Crippen LogP contribution in [0, 0.1) is 0 Å². The van der Waals surface area contributed by atoms with Crippen LogP contribution in [0.5, 0.6) is 0 Å². The third-order valence-corrected chi connectivity index (χ3v) is 4.86. The van der Waals surface area contributed by atoms with Crippen LogP contribution in [-0.4, -0.2) is 46.5 Å². The molecule has 2 aromatic rings. The van der Waals surface area contributed by atoms with Gasteiger partial charge in [-0.05, 0) is 51.4 Å². The summed E-state index contributed by atoms with van der Waals surface area (Å²) in [5.74, 6) is 1.11. The van der Waals surface area contributed by atoms with Gasteiger partial charge in [0, 0.05) is 25.4 Å². The number of hydrogen-bond donors (Lipinski definition) is 2. The standard InChI is InChI=1S/C19H28N4O/c1-15(23-12-5-2-6-13-23)14-20-19(24)11-7-10-18-21-16-8-3-4-9-17(16)22-18/h3-4,8-9,15H,2,5-7,10-14H2,1H3,(H,20,24)(H,21,22)/t15-/m1/s1. The Kier molecular flexibility index (Phi) is 5.86. The van der Waals surface area contributed by atoms with Gasteiger partial charge in [-0.2, -0.15) is 0 Å². The van der Waals surface area contributed by atoms with Gasteiger partial charge in [0.15, 0.2) is 0 Å². The van der Waals surface area contributed by atoms with Crippen LogP contribution in [-0.2, 0) is 11.2 Å². The summed E-state index contributed by atoms with van der Waals surface area (Å²) in [6, 6.07) is 8.46. The van der Waals surface area contributed by atoms with E-state index in [1.54, 1.807) is 0 Å². The molecule has 1 fully saturated rings. The Balaban J connectivity index is 1.36. The number of aryl methyl sites for hydroxylation is 1. The average molecular weight is 328 g/mol. The molecule has 0 radical (unpaired) electrons. The van der Waals surface area contributed by atoms with Crippen LogP contribution in [0.1, 0.15) is 44.9 Å². The quantitative estimate of drug-likeness (QED) is 0.821. The van der Waals surface area contributed by atoms with Crippen LogP contribution in [0.15, 0.2) is 24.3 Å². The highest BCUT2D eigenvalue weighted by Gasteiger charge is 2.17. The first-order valence-corrected chi connectivity index (χ1v) is 9.17. The van der Waals surface area contributed by atoms with Crippen LogP contribution < -0.4 is 5.32 Å². The van der Waals surface area contributed by atoms with Gasteiger partial charge >= 0.3 is 0 Å². The van der Waals surface area contributed by atoms with Crippen molar-refractivity contribution in [1.82, 2.24) is 20.2 Å². The number of carbonyl (C=O) groups excluding carboxylic acids is 1. The number of para-hydroxylation sites is 2. The molecule has 1 aliphatic heterocycles. The van der Waals surface area contributed by atoms with Crippen LogP contribution >= 0.6 is 0 Å². The predicted molar refractivity (Wildman–Crippen MR) is 96.9 cm³/mol. The van der Waals surface area contributed by atoms with Gasteiger partial charge in [-0.3, -0.25) is 9.69 Å². The number of hydrogen-bond acceptors (Lipinski definition) is 3. The Morgan fingerprint density at radius 1 is 1.29 bits per heavy atom. The van der Waals surface area contributed by atoms with Crippen molar-refractivity contribution in [3.63, 3.8) is 0 Å². The number of fused-ring (bicyclic) bond motifs is 1. The Morgan fingerprint density at radius 2 is 2.08 bits per heavy atom. The molecule has 0 spiro atoms. The Labute approximate surface area is 143 Å². The highest BCUT2D eigenvalue weighted by atomic mass is 16.1. The predicted octanol–water partition coefficient (Wildman–Crippen LogP) is 2.88. The van der Waals surface area contributed by atoms with Gasteiger partial charge in [-0.15, -0.1) is 0 Å². The first kappa shape index (κ1) is 17.0. The van der Waals surface area contributed by atoms with Crippen LogP contribution in [0.25, 0.3) is 11.0 Å². The van der Waals surface area contributed by atoms with Gasteiger partial charge in [0.05, 0.1) is 11.0 Å². The van der Waals surface area contributed by atoms with Crippen LogP contribution in [0.3, 0.4) is 0 Å². The van der Waals surface area contributed by atoms with E-state index in [9.17, 15) is 4.79 Å². The minimum atomic E-state index is 0.148. The number of likely N-dealkylation sites (tertiary alicyclic amines) is 1. The number of aromatic nitrogens is 2. The minimum Gasteiger partial charge on any atom is -0.355 e. The molecular formula is C19H28N4O. The molecule has 2 N–H and O–H groups in total. The second kappa shape index (κ2) is 8.29. The van der Waals surface area contributed by atoms with E-state index in [-0.39, 0.29) is 5.91 Å². The lowest BCUT2D eigenvalue weighted by atomic mass is 10.1. The molecule has 0 bridgehead atoms. The van der Waals surface area contributed by atoms with E-state index in [4.69, 9.17) is 0 Å². The van der Waals surface area contributed by atoms with Crippen molar-refractivity contribution in [3.8, 4) is 0 Å². The molecule has 0 aliphatic carbocycles. The highest BCUT2D eigenvalue weighted by Crippen LogP contribution is 2.13. The Hall–Kier alpha value is -1.88. The van der Waals surface area contributed by atoms with Crippen molar-refractivity contribution in [3.05, 3.63) is 30.1 Å². The number of benzene rings is 1. The number of H-pyrrole nitrogens is 1. The van der Waals surface area contributed by atoms with Gasteiger partial charge in [0.1, 0.15) is 5.82 Å². The zero-order valence-electron chi connectivity index (χ0n) is 14.6. The first-order chi connectivity index (χ1) is 11.7. The number of aromatic amines is 1. The molecule has 1 amide bonds. The fourth-order valence-corrected chi connectivity index (χ4v) is 3.38. The van der Waals surface area contributed by atoms with E-state index in [0.29, 0.717) is 12.5 Å². The van der Waals surface area contributed by atoms with Crippen molar-refractivity contribution in [1.29, 1.82) is 0 Å². The molecule has 1 atom stereocenters. The summed E-state index contributed by atoms with van der Waals surface area (Å²) < 4.78 is 0. The van der Waals surface area contributed by atoms with E-state index in [0.717, 1.165) is 36.2 Å².